The number of rotatable bonds is 3. The Kier molecular flexibility index (Phi) is 3.65. The first-order valence-electron chi connectivity index (χ1n) is 7.74. The Morgan fingerprint density at radius 1 is 1.06 bits per heavy atom. The van der Waals surface area contributed by atoms with E-state index in [1.807, 2.05) is 0 Å². The summed E-state index contributed by atoms with van der Waals surface area (Å²) in [5.41, 5.74) is 6.59. The van der Waals surface area contributed by atoms with Gasteiger partial charge in [0.05, 0.1) is 18.3 Å². The van der Waals surface area contributed by atoms with Crippen LogP contribution in [0.1, 0.15) is 64.2 Å². The van der Waals surface area contributed by atoms with Crippen LogP contribution in [0.15, 0.2) is 0 Å². The Labute approximate surface area is 110 Å². The summed E-state index contributed by atoms with van der Waals surface area (Å²) in [6.45, 7) is 1.63. The monoisotopic (exact) mass is 253 g/mol. The van der Waals surface area contributed by atoms with Crippen LogP contribution in [0.5, 0.6) is 0 Å². The quantitative estimate of drug-likeness (QED) is 0.841. The third-order valence-electron chi connectivity index (χ3n) is 5.17. The smallest absolute Gasteiger partial charge is 0.0707 e. The molecule has 1 spiro atoms. The highest BCUT2D eigenvalue weighted by molar-refractivity contribution is 4.95. The fourth-order valence-electron chi connectivity index (χ4n) is 3.73. The molecule has 1 unspecified atom stereocenters. The molecule has 0 aromatic heterocycles. The average Bonchev–Trinajstić information content (AvgIpc) is 2.36. The minimum atomic E-state index is -0.0384. The second-order valence-electron chi connectivity index (χ2n) is 6.73. The molecular weight excluding hydrogens is 226 g/mol. The third-order valence-corrected chi connectivity index (χ3v) is 5.17. The van der Waals surface area contributed by atoms with Gasteiger partial charge in [0.25, 0.3) is 0 Å². The summed E-state index contributed by atoms with van der Waals surface area (Å²) >= 11 is 0. The Morgan fingerprint density at radius 3 is 2.50 bits per heavy atom. The van der Waals surface area contributed by atoms with Crippen molar-refractivity contribution in [3.05, 3.63) is 0 Å². The minimum Gasteiger partial charge on any atom is -0.376 e. The zero-order valence-electron chi connectivity index (χ0n) is 11.5. The van der Waals surface area contributed by atoms with Crippen LogP contribution in [0.2, 0.25) is 0 Å². The lowest BCUT2D eigenvalue weighted by atomic mass is 9.74. The van der Waals surface area contributed by atoms with Gasteiger partial charge >= 0.3 is 0 Å². The van der Waals surface area contributed by atoms with E-state index in [-0.39, 0.29) is 11.1 Å². The van der Waals surface area contributed by atoms with Crippen LogP contribution in [-0.2, 0) is 9.47 Å². The van der Waals surface area contributed by atoms with E-state index < -0.39 is 0 Å². The second-order valence-corrected chi connectivity index (χ2v) is 6.73. The molecule has 1 aliphatic heterocycles. The molecule has 2 saturated carbocycles. The van der Waals surface area contributed by atoms with Gasteiger partial charge in [0.2, 0.25) is 0 Å². The van der Waals surface area contributed by atoms with Crippen molar-refractivity contribution in [3.63, 3.8) is 0 Å². The molecule has 2 N–H and O–H groups in total. The summed E-state index contributed by atoms with van der Waals surface area (Å²) in [5, 5.41) is 0. The van der Waals surface area contributed by atoms with Gasteiger partial charge in [0.1, 0.15) is 0 Å². The summed E-state index contributed by atoms with van der Waals surface area (Å²) in [7, 11) is 0. The van der Waals surface area contributed by atoms with Gasteiger partial charge in [-0.05, 0) is 38.5 Å². The van der Waals surface area contributed by atoms with Crippen LogP contribution >= 0.6 is 0 Å². The van der Waals surface area contributed by atoms with Gasteiger partial charge in [-0.25, -0.2) is 0 Å². The summed E-state index contributed by atoms with van der Waals surface area (Å²) < 4.78 is 12.1. The van der Waals surface area contributed by atoms with Crippen LogP contribution in [0, 0.1) is 0 Å². The normalized spacial score (nSPS) is 34.2. The number of hydrogen-bond donors (Lipinski definition) is 1. The molecule has 3 heteroatoms. The SMILES string of the molecule is NC1(COC2CCOC3(CCC3)C2)CCCCC1. The lowest BCUT2D eigenvalue weighted by Crippen LogP contribution is -2.51. The van der Waals surface area contributed by atoms with Gasteiger partial charge in [0, 0.05) is 18.6 Å². The molecule has 0 radical (unpaired) electrons. The van der Waals surface area contributed by atoms with E-state index in [1.54, 1.807) is 0 Å². The van der Waals surface area contributed by atoms with Gasteiger partial charge < -0.3 is 15.2 Å². The van der Waals surface area contributed by atoms with Crippen LogP contribution in [0.25, 0.3) is 0 Å². The largest absolute Gasteiger partial charge is 0.376 e. The predicted molar refractivity (Wildman–Crippen MR) is 71.5 cm³/mol. The average molecular weight is 253 g/mol. The number of ether oxygens (including phenoxy) is 2. The van der Waals surface area contributed by atoms with Crippen molar-refractivity contribution in [2.75, 3.05) is 13.2 Å². The van der Waals surface area contributed by atoms with Gasteiger partial charge in [-0.1, -0.05) is 19.3 Å². The summed E-state index contributed by atoms with van der Waals surface area (Å²) in [5.74, 6) is 0. The fraction of sp³-hybridized carbons (Fsp3) is 1.00. The van der Waals surface area contributed by atoms with Gasteiger partial charge in [0.15, 0.2) is 0 Å². The molecule has 3 aliphatic rings. The van der Waals surface area contributed by atoms with Crippen molar-refractivity contribution >= 4 is 0 Å². The first kappa shape index (κ1) is 12.9. The van der Waals surface area contributed by atoms with Gasteiger partial charge in [-0.3, -0.25) is 0 Å². The molecule has 0 bridgehead atoms. The van der Waals surface area contributed by atoms with Crippen molar-refractivity contribution in [2.45, 2.75) is 81.5 Å². The van der Waals surface area contributed by atoms with Crippen molar-refractivity contribution in [1.82, 2.24) is 0 Å². The van der Waals surface area contributed by atoms with Crippen molar-refractivity contribution < 1.29 is 9.47 Å². The van der Waals surface area contributed by atoms with Gasteiger partial charge in [-0.15, -0.1) is 0 Å². The Hall–Kier alpha value is -0.120. The predicted octanol–water partition coefficient (Wildman–Crippen LogP) is 2.77. The first-order valence-corrected chi connectivity index (χ1v) is 7.74. The maximum absolute atomic E-state index is 6.43. The van der Waals surface area contributed by atoms with Crippen molar-refractivity contribution in [1.29, 1.82) is 0 Å². The molecule has 3 rings (SSSR count). The summed E-state index contributed by atoms with van der Waals surface area (Å²) in [6, 6.07) is 0. The Balaban J connectivity index is 1.47. The zero-order valence-corrected chi connectivity index (χ0v) is 11.5. The molecule has 0 aromatic carbocycles. The topological polar surface area (TPSA) is 44.5 Å². The molecule has 0 amide bonds. The van der Waals surface area contributed by atoms with E-state index in [4.69, 9.17) is 15.2 Å². The standard InChI is InChI=1S/C15H27NO2/c16-14(6-2-1-3-7-14)12-17-13-5-10-18-15(11-13)8-4-9-15/h13H,1-12,16H2. The van der Waals surface area contributed by atoms with Gasteiger partial charge in [-0.2, -0.15) is 0 Å². The van der Waals surface area contributed by atoms with E-state index in [0.29, 0.717) is 6.10 Å². The molecule has 1 atom stereocenters. The highest BCUT2D eigenvalue weighted by atomic mass is 16.5. The molecular formula is C15H27NO2. The summed E-state index contributed by atoms with van der Waals surface area (Å²) in [6.07, 6.45) is 12.5. The zero-order chi connectivity index (χ0) is 12.5. The Morgan fingerprint density at radius 2 is 1.83 bits per heavy atom. The minimum absolute atomic E-state index is 0.0384. The molecule has 1 heterocycles. The summed E-state index contributed by atoms with van der Waals surface area (Å²) in [4.78, 5) is 0. The second kappa shape index (κ2) is 5.10. The lowest BCUT2D eigenvalue weighted by molar-refractivity contribution is -0.172. The van der Waals surface area contributed by atoms with E-state index >= 15 is 0 Å². The number of nitrogens with two attached hydrogens (primary N) is 1. The van der Waals surface area contributed by atoms with Crippen molar-refractivity contribution in [2.24, 2.45) is 5.73 Å². The van der Waals surface area contributed by atoms with Crippen LogP contribution in [-0.4, -0.2) is 30.5 Å². The van der Waals surface area contributed by atoms with Crippen LogP contribution in [0.3, 0.4) is 0 Å². The van der Waals surface area contributed by atoms with E-state index in [1.165, 1.54) is 38.5 Å². The van der Waals surface area contributed by atoms with E-state index in [0.717, 1.165) is 38.9 Å². The Bertz CT molecular complexity index is 282. The van der Waals surface area contributed by atoms with Crippen LogP contribution in [0.4, 0.5) is 0 Å². The number of hydrogen-bond acceptors (Lipinski definition) is 3. The molecule has 2 aliphatic carbocycles. The molecule has 3 fully saturated rings. The van der Waals surface area contributed by atoms with Crippen LogP contribution < -0.4 is 5.73 Å². The lowest BCUT2D eigenvalue weighted by Gasteiger charge is -2.47. The maximum atomic E-state index is 6.43. The maximum Gasteiger partial charge on any atom is 0.0707 e. The van der Waals surface area contributed by atoms with Crippen molar-refractivity contribution in [3.8, 4) is 0 Å². The molecule has 104 valence electrons. The third kappa shape index (κ3) is 2.73. The van der Waals surface area contributed by atoms with E-state index in [2.05, 4.69) is 0 Å². The molecule has 18 heavy (non-hydrogen) atoms. The first-order chi connectivity index (χ1) is 8.70. The highest BCUT2D eigenvalue weighted by Gasteiger charge is 2.43. The fourth-order valence-corrected chi connectivity index (χ4v) is 3.73. The molecule has 3 nitrogen and oxygen atoms in total. The van der Waals surface area contributed by atoms with E-state index in [9.17, 15) is 0 Å². The highest BCUT2D eigenvalue weighted by Crippen LogP contribution is 2.43. The molecule has 1 saturated heterocycles. The molecule has 0 aromatic rings.